The van der Waals surface area contributed by atoms with E-state index in [0.717, 1.165) is 32.1 Å². The first-order valence-corrected chi connectivity index (χ1v) is 9.22. The van der Waals surface area contributed by atoms with Gasteiger partial charge in [-0.25, -0.2) is 13.1 Å². The third kappa shape index (κ3) is 4.87. The van der Waals surface area contributed by atoms with Crippen LogP contribution in [0.4, 0.5) is 0 Å². The minimum Gasteiger partial charge on any atom is -0.452 e. The predicted octanol–water partition coefficient (Wildman–Crippen LogP) is 3.14. The fourth-order valence-electron chi connectivity index (χ4n) is 2.03. The third-order valence-corrected chi connectivity index (χ3v) is 5.44. The van der Waals surface area contributed by atoms with Gasteiger partial charge >= 0.3 is 0 Å². The topological polar surface area (TPSA) is 85.3 Å². The average molecular weight is 367 g/mol. The molecule has 116 valence electrons. The Hall–Kier alpha value is -0.370. The maximum atomic E-state index is 12.4. The van der Waals surface area contributed by atoms with E-state index in [1.165, 1.54) is 6.07 Å². The van der Waals surface area contributed by atoms with Crippen LogP contribution in [0.1, 0.15) is 51.7 Å². The zero-order valence-electron chi connectivity index (χ0n) is 12.0. The van der Waals surface area contributed by atoms with Crippen molar-refractivity contribution in [2.24, 2.45) is 5.73 Å². The number of hydrogen-bond acceptors (Lipinski definition) is 4. The van der Waals surface area contributed by atoms with E-state index in [9.17, 15) is 8.42 Å². The molecule has 0 saturated carbocycles. The minimum atomic E-state index is -3.58. The average Bonchev–Trinajstić information content (AvgIpc) is 2.78. The first-order chi connectivity index (χ1) is 9.44. The molecule has 1 aromatic rings. The number of nitrogens with one attached hydrogen (secondary N) is 1. The first kappa shape index (κ1) is 17.7. The van der Waals surface area contributed by atoms with Crippen LogP contribution >= 0.6 is 15.9 Å². The Labute approximate surface area is 129 Å². The SMILES string of the molecule is CCCCC(CCC)NS(=O)(=O)c1cc(CN)oc1Br. The molecule has 0 amide bonds. The summed E-state index contributed by atoms with van der Waals surface area (Å²) in [7, 11) is -3.58. The second kappa shape index (κ2) is 8.17. The van der Waals surface area contributed by atoms with Gasteiger partial charge in [0.2, 0.25) is 10.0 Å². The van der Waals surface area contributed by atoms with E-state index >= 15 is 0 Å². The van der Waals surface area contributed by atoms with Crippen LogP contribution < -0.4 is 10.5 Å². The van der Waals surface area contributed by atoms with Crippen LogP contribution in [0.3, 0.4) is 0 Å². The van der Waals surface area contributed by atoms with E-state index in [1.807, 2.05) is 6.92 Å². The molecule has 1 unspecified atom stereocenters. The number of unbranched alkanes of at least 4 members (excludes halogenated alkanes) is 1. The van der Waals surface area contributed by atoms with Gasteiger partial charge in [0.25, 0.3) is 0 Å². The number of sulfonamides is 1. The molecule has 0 radical (unpaired) electrons. The molecule has 1 aromatic heterocycles. The standard InChI is InChI=1S/C13H23BrN2O3S/c1-3-5-7-10(6-4-2)16-20(17,18)12-8-11(9-15)19-13(12)14/h8,10,16H,3-7,9,15H2,1-2H3. The zero-order chi connectivity index (χ0) is 15.2. The molecule has 0 aliphatic heterocycles. The van der Waals surface area contributed by atoms with Crippen LogP contribution in [0.2, 0.25) is 0 Å². The molecule has 0 aliphatic rings. The van der Waals surface area contributed by atoms with Crippen molar-refractivity contribution in [1.29, 1.82) is 0 Å². The van der Waals surface area contributed by atoms with Gasteiger partial charge in [-0.2, -0.15) is 0 Å². The predicted molar refractivity (Wildman–Crippen MR) is 82.8 cm³/mol. The summed E-state index contributed by atoms with van der Waals surface area (Å²) in [5.41, 5.74) is 5.46. The van der Waals surface area contributed by atoms with Crippen LogP contribution in [0.15, 0.2) is 20.0 Å². The molecule has 3 N–H and O–H groups in total. The lowest BCUT2D eigenvalue weighted by atomic mass is 10.1. The van der Waals surface area contributed by atoms with Gasteiger partial charge in [0.1, 0.15) is 10.7 Å². The molecule has 0 aliphatic carbocycles. The maximum Gasteiger partial charge on any atom is 0.245 e. The second-order valence-corrected chi connectivity index (χ2v) is 7.21. The number of halogens is 1. The summed E-state index contributed by atoms with van der Waals surface area (Å²) < 4.78 is 33.0. The van der Waals surface area contributed by atoms with Crippen LogP contribution in [-0.2, 0) is 16.6 Å². The number of rotatable bonds is 9. The highest BCUT2D eigenvalue weighted by Gasteiger charge is 2.25. The monoisotopic (exact) mass is 366 g/mol. The minimum absolute atomic E-state index is 0.0342. The molecule has 7 heteroatoms. The van der Waals surface area contributed by atoms with Crippen molar-refractivity contribution in [3.8, 4) is 0 Å². The largest absolute Gasteiger partial charge is 0.452 e. The molecule has 0 saturated heterocycles. The molecule has 1 rings (SSSR count). The smallest absolute Gasteiger partial charge is 0.245 e. The third-order valence-electron chi connectivity index (χ3n) is 3.06. The molecule has 20 heavy (non-hydrogen) atoms. The summed E-state index contributed by atoms with van der Waals surface area (Å²) in [6.07, 6.45) is 4.68. The van der Waals surface area contributed by atoms with E-state index in [0.29, 0.717) is 5.76 Å². The highest BCUT2D eigenvalue weighted by Crippen LogP contribution is 2.26. The Kier molecular flexibility index (Phi) is 7.22. The molecule has 0 aromatic carbocycles. The molecule has 0 spiro atoms. The first-order valence-electron chi connectivity index (χ1n) is 6.95. The van der Waals surface area contributed by atoms with Gasteiger partial charge in [0.05, 0.1) is 6.54 Å². The summed E-state index contributed by atoms with van der Waals surface area (Å²) in [6.45, 7) is 4.31. The fourth-order valence-corrected chi connectivity index (χ4v) is 4.33. The lowest BCUT2D eigenvalue weighted by Gasteiger charge is -2.17. The van der Waals surface area contributed by atoms with E-state index < -0.39 is 10.0 Å². The molecule has 1 heterocycles. The van der Waals surface area contributed by atoms with Crippen LogP contribution in [0, 0.1) is 0 Å². The van der Waals surface area contributed by atoms with E-state index in [4.69, 9.17) is 10.2 Å². The van der Waals surface area contributed by atoms with Crippen molar-refractivity contribution in [2.75, 3.05) is 0 Å². The van der Waals surface area contributed by atoms with Crippen molar-refractivity contribution in [1.82, 2.24) is 4.72 Å². The van der Waals surface area contributed by atoms with Gasteiger partial charge in [0.15, 0.2) is 4.67 Å². The highest BCUT2D eigenvalue weighted by atomic mass is 79.9. The highest BCUT2D eigenvalue weighted by molar-refractivity contribution is 9.10. The molecule has 5 nitrogen and oxygen atoms in total. The summed E-state index contributed by atoms with van der Waals surface area (Å²) in [5.74, 6) is 0.442. The van der Waals surface area contributed by atoms with E-state index in [-0.39, 0.29) is 22.2 Å². The van der Waals surface area contributed by atoms with Crippen molar-refractivity contribution in [3.63, 3.8) is 0 Å². The maximum absolute atomic E-state index is 12.4. The van der Waals surface area contributed by atoms with Gasteiger partial charge in [-0.1, -0.05) is 33.1 Å². The number of nitrogens with two attached hydrogens (primary N) is 1. The summed E-state index contributed by atoms with van der Waals surface area (Å²) in [5, 5.41) is 0. The van der Waals surface area contributed by atoms with Crippen molar-refractivity contribution >= 4 is 26.0 Å². The number of hydrogen-bond donors (Lipinski definition) is 2. The molecular weight excluding hydrogens is 344 g/mol. The second-order valence-electron chi connectivity index (χ2n) is 4.80. The van der Waals surface area contributed by atoms with Crippen molar-refractivity contribution in [3.05, 3.63) is 16.5 Å². The van der Waals surface area contributed by atoms with Crippen LogP contribution in [-0.4, -0.2) is 14.5 Å². The Morgan fingerprint density at radius 1 is 1.35 bits per heavy atom. The van der Waals surface area contributed by atoms with Crippen molar-refractivity contribution < 1.29 is 12.8 Å². The Bertz CT molecular complexity index is 514. The van der Waals surface area contributed by atoms with Gasteiger partial charge in [0, 0.05) is 12.1 Å². The summed E-state index contributed by atoms with van der Waals surface area (Å²) >= 11 is 3.13. The Balaban J connectivity index is 2.87. The van der Waals surface area contributed by atoms with Crippen molar-refractivity contribution in [2.45, 2.75) is 63.4 Å². The molecule has 1 atom stereocenters. The fraction of sp³-hybridized carbons (Fsp3) is 0.692. The molecular formula is C13H23BrN2O3S. The lowest BCUT2D eigenvalue weighted by Crippen LogP contribution is -2.34. The molecule has 0 fully saturated rings. The van der Waals surface area contributed by atoms with E-state index in [1.54, 1.807) is 0 Å². The number of furan rings is 1. The van der Waals surface area contributed by atoms with Gasteiger partial charge in [-0.15, -0.1) is 0 Å². The van der Waals surface area contributed by atoms with E-state index in [2.05, 4.69) is 27.6 Å². The summed E-state index contributed by atoms with van der Waals surface area (Å²) in [4.78, 5) is 0.121. The quantitative estimate of drug-likeness (QED) is 0.702. The normalized spacial score (nSPS) is 13.6. The zero-order valence-corrected chi connectivity index (χ0v) is 14.4. The van der Waals surface area contributed by atoms with Crippen LogP contribution in [0.5, 0.6) is 0 Å². The van der Waals surface area contributed by atoms with Gasteiger partial charge < -0.3 is 10.2 Å². The summed E-state index contributed by atoms with van der Waals surface area (Å²) in [6, 6.07) is 1.43. The molecule has 0 bridgehead atoms. The van der Waals surface area contributed by atoms with Gasteiger partial charge in [-0.3, -0.25) is 0 Å². The lowest BCUT2D eigenvalue weighted by molar-refractivity contribution is 0.474. The van der Waals surface area contributed by atoms with Gasteiger partial charge in [-0.05, 0) is 28.8 Å². The Morgan fingerprint density at radius 3 is 2.55 bits per heavy atom. The Morgan fingerprint density at radius 2 is 2.05 bits per heavy atom. The van der Waals surface area contributed by atoms with Crippen LogP contribution in [0.25, 0.3) is 0 Å².